The zero-order chi connectivity index (χ0) is 34.5. The number of halogens is 4. The number of aliphatic imine (C=N–C) groups is 1. The van der Waals surface area contributed by atoms with Crippen LogP contribution in [0, 0.1) is 5.82 Å². The summed E-state index contributed by atoms with van der Waals surface area (Å²) in [4.78, 5) is 28.5. The van der Waals surface area contributed by atoms with Gasteiger partial charge in [-0.15, -0.1) is 11.3 Å². The van der Waals surface area contributed by atoms with Gasteiger partial charge in [-0.3, -0.25) is 14.8 Å². The molecule has 2 fully saturated rings. The molecule has 3 aromatic heterocycles. The number of amidine groups is 1. The van der Waals surface area contributed by atoms with Gasteiger partial charge in [0.15, 0.2) is 10.8 Å². The summed E-state index contributed by atoms with van der Waals surface area (Å²) in [6.07, 6.45) is 4.95. The summed E-state index contributed by atoms with van der Waals surface area (Å²) in [5.74, 6) is -0.532. The zero-order valence-electron chi connectivity index (χ0n) is 25.9. The fourth-order valence-electron chi connectivity index (χ4n) is 6.35. The van der Waals surface area contributed by atoms with E-state index in [0.717, 1.165) is 12.3 Å². The quantitative estimate of drug-likeness (QED) is 0.204. The van der Waals surface area contributed by atoms with Gasteiger partial charge in [-0.2, -0.15) is 13.9 Å². The number of hydrogen-bond acceptors (Lipinski definition) is 9. The number of carbonyl (C=O) groups is 1. The number of hydrogen-bond donors (Lipinski definition) is 2. The van der Waals surface area contributed by atoms with E-state index in [4.69, 9.17) is 16.6 Å². The summed E-state index contributed by atoms with van der Waals surface area (Å²) in [5.41, 5.74) is 2.28. The molecule has 1 aromatic carbocycles. The van der Waals surface area contributed by atoms with E-state index in [-0.39, 0.29) is 30.1 Å². The lowest BCUT2D eigenvalue weighted by atomic mass is 9.92. The maximum Gasteiger partial charge on any atom is 0.333 e. The van der Waals surface area contributed by atoms with E-state index in [0.29, 0.717) is 50.9 Å². The van der Waals surface area contributed by atoms with Crippen LogP contribution in [0.2, 0.25) is 5.02 Å². The zero-order valence-corrected chi connectivity index (χ0v) is 28.3. The highest BCUT2D eigenvalue weighted by atomic mass is 35.5. The standard InChI is InChI=1S/C32H30ClF3N8O3S2/c1-18(23-4-2-3-10-37-23)39-26(45)16-32(8-9-32)49(46,47)42-20-15-25-27(24-7-12-44(41-24)31(35)36)28(21-6-5-19(34)14-22(21)33)40-29(43(25)17-20)30-38-11-13-48-30/h2-7,10-14,18,20,28,31,42H,8-9,15-17H2,1H3,(H,39,45)/t18-,20-,28-/m0/s1. The maximum absolute atomic E-state index is 14.1. The predicted molar refractivity (Wildman–Crippen MR) is 178 cm³/mol. The van der Waals surface area contributed by atoms with Crippen molar-refractivity contribution in [1.82, 2.24) is 34.7 Å². The summed E-state index contributed by atoms with van der Waals surface area (Å²) < 4.78 is 71.5. The Labute approximate surface area is 289 Å². The van der Waals surface area contributed by atoms with E-state index in [1.54, 1.807) is 36.8 Å². The van der Waals surface area contributed by atoms with Gasteiger partial charge in [0.25, 0.3) is 0 Å². The second-order valence-electron chi connectivity index (χ2n) is 12.2. The minimum atomic E-state index is -4.02. The second-order valence-corrected chi connectivity index (χ2v) is 15.6. The van der Waals surface area contributed by atoms with Gasteiger partial charge in [0.05, 0.1) is 22.2 Å². The molecule has 17 heteroatoms. The van der Waals surface area contributed by atoms with Gasteiger partial charge in [-0.1, -0.05) is 23.7 Å². The van der Waals surface area contributed by atoms with Gasteiger partial charge < -0.3 is 10.2 Å². The molecule has 2 N–H and O–H groups in total. The van der Waals surface area contributed by atoms with Gasteiger partial charge in [0.1, 0.15) is 11.9 Å². The van der Waals surface area contributed by atoms with E-state index in [9.17, 15) is 26.4 Å². The highest BCUT2D eigenvalue weighted by molar-refractivity contribution is 7.91. The molecular weight excluding hydrogens is 701 g/mol. The van der Waals surface area contributed by atoms with Gasteiger partial charge in [-0.05, 0) is 50.1 Å². The number of aromatic nitrogens is 4. The first-order valence-corrected chi connectivity index (χ1v) is 18.2. The summed E-state index contributed by atoms with van der Waals surface area (Å²) in [6, 6.07) is 8.69. The summed E-state index contributed by atoms with van der Waals surface area (Å²) in [6.45, 7) is -0.969. The molecule has 7 rings (SSSR count). The number of rotatable bonds is 11. The van der Waals surface area contributed by atoms with Gasteiger partial charge >= 0.3 is 6.55 Å². The fraction of sp³-hybridized carbons (Fsp3) is 0.344. The van der Waals surface area contributed by atoms with Crippen molar-refractivity contribution in [3.05, 3.63) is 105 Å². The van der Waals surface area contributed by atoms with E-state index < -0.39 is 51.2 Å². The van der Waals surface area contributed by atoms with Crippen molar-refractivity contribution in [3.8, 4) is 0 Å². The highest BCUT2D eigenvalue weighted by Crippen LogP contribution is 2.49. The average Bonchev–Trinajstić information content (AvgIpc) is 3.44. The lowest BCUT2D eigenvalue weighted by Crippen LogP contribution is -2.46. The second kappa shape index (κ2) is 13.0. The smallest absolute Gasteiger partial charge is 0.333 e. The first-order chi connectivity index (χ1) is 23.4. The Morgan fingerprint density at radius 1 is 1.16 bits per heavy atom. The fourth-order valence-corrected chi connectivity index (χ4v) is 9.07. The molecule has 256 valence electrons. The van der Waals surface area contributed by atoms with E-state index in [1.807, 2.05) is 11.0 Å². The highest BCUT2D eigenvalue weighted by Gasteiger charge is 2.57. The van der Waals surface area contributed by atoms with Crippen LogP contribution < -0.4 is 10.0 Å². The minimum absolute atomic E-state index is 0.0775. The molecule has 2 aliphatic heterocycles. The third kappa shape index (κ3) is 6.49. The predicted octanol–water partition coefficient (Wildman–Crippen LogP) is 5.63. The van der Waals surface area contributed by atoms with Crippen molar-refractivity contribution in [2.24, 2.45) is 4.99 Å². The lowest BCUT2D eigenvalue weighted by molar-refractivity contribution is -0.121. The van der Waals surface area contributed by atoms with Crippen LogP contribution in [-0.2, 0) is 14.8 Å². The molecule has 1 amide bonds. The van der Waals surface area contributed by atoms with Crippen LogP contribution in [-0.4, -0.2) is 62.1 Å². The number of alkyl halides is 2. The van der Waals surface area contributed by atoms with Crippen LogP contribution in [0.15, 0.2) is 77.1 Å². The summed E-state index contributed by atoms with van der Waals surface area (Å²) in [5, 5.41) is 9.37. The molecule has 0 spiro atoms. The molecule has 49 heavy (non-hydrogen) atoms. The average molecular weight is 731 g/mol. The van der Waals surface area contributed by atoms with Crippen molar-refractivity contribution in [3.63, 3.8) is 0 Å². The number of sulfonamides is 1. The summed E-state index contributed by atoms with van der Waals surface area (Å²) in [7, 11) is -4.02. The van der Waals surface area contributed by atoms with E-state index in [2.05, 4.69) is 25.1 Å². The van der Waals surface area contributed by atoms with Gasteiger partial charge in [0.2, 0.25) is 15.9 Å². The van der Waals surface area contributed by atoms with Crippen LogP contribution in [0.1, 0.15) is 73.2 Å². The molecular formula is C32H30ClF3N8O3S2. The number of fused-ring (bicyclic) bond motifs is 1. The molecule has 11 nitrogen and oxygen atoms in total. The first kappa shape index (κ1) is 33.4. The molecule has 0 unspecified atom stereocenters. The largest absolute Gasteiger partial charge is 0.348 e. The topological polar surface area (TPSA) is 134 Å². The van der Waals surface area contributed by atoms with Gasteiger partial charge in [0, 0.05) is 71.3 Å². The number of carbonyl (C=O) groups excluding carboxylic acids is 1. The minimum Gasteiger partial charge on any atom is -0.348 e. The van der Waals surface area contributed by atoms with Crippen molar-refractivity contribution in [2.45, 2.75) is 62.0 Å². The monoisotopic (exact) mass is 730 g/mol. The molecule has 0 radical (unpaired) electrons. The first-order valence-electron chi connectivity index (χ1n) is 15.4. The number of nitrogens with zero attached hydrogens (tertiary/aromatic N) is 6. The number of benzene rings is 1. The van der Waals surface area contributed by atoms with Crippen LogP contribution in [0.3, 0.4) is 0 Å². The number of nitrogens with one attached hydrogen (secondary N) is 2. The van der Waals surface area contributed by atoms with Crippen LogP contribution in [0.25, 0.3) is 5.57 Å². The maximum atomic E-state index is 14.1. The summed E-state index contributed by atoms with van der Waals surface area (Å²) >= 11 is 7.86. The SMILES string of the molecule is C[C@H](NC(=O)CC1(S(=O)(=O)N[C@H]2CC3=C(c4ccn(C(F)F)n4)[C@H](c4ccc(F)cc4Cl)N=C(c4nccs4)N3C2)CC1)c1ccccn1. The molecule has 1 aliphatic carbocycles. The third-order valence-electron chi connectivity index (χ3n) is 8.92. The van der Waals surface area contributed by atoms with Crippen molar-refractivity contribution in [1.29, 1.82) is 0 Å². The van der Waals surface area contributed by atoms with E-state index >= 15 is 0 Å². The van der Waals surface area contributed by atoms with Crippen molar-refractivity contribution in [2.75, 3.05) is 6.54 Å². The molecule has 0 bridgehead atoms. The molecule has 4 aromatic rings. The van der Waals surface area contributed by atoms with Crippen LogP contribution in [0.4, 0.5) is 13.2 Å². The Morgan fingerprint density at radius 2 is 1.98 bits per heavy atom. The Hall–Kier alpha value is -4.12. The Morgan fingerprint density at radius 3 is 2.63 bits per heavy atom. The number of thiazole rings is 1. The lowest BCUT2D eigenvalue weighted by Gasteiger charge is -2.32. The molecule has 1 saturated heterocycles. The van der Waals surface area contributed by atoms with Crippen LogP contribution >= 0.6 is 22.9 Å². The molecule has 1 saturated carbocycles. The van der Waals surface area contributed by atoms with Crippen molar-refractivity contribution >= 4 is 50.3 Å². The Balaban J connectivity index is 1.21. The number of pyridine rings is 1. The Bertz CT molecular complexity index is 2050. The van der Waals surface area contributed by atoms with Gasteiger partial charge in [-0.25, -0.2) is 27.2 Å². The van der Waals surface area contributed by atoms with Crippen LogP contribution in [0.5, 0.6) is 0 Å². The third-order valence-corrected chi connectivity index (χ3v) is 12.3. The van der Waals surface area contributed by atoms with Crippen molar-refractivity contribution < 1.29 is 26.4 Å². The number of amides is 1. The Kier molecular flexibility index (Phi) is 8.83. The molecule has 5 heterocycles. The molecule has 3 atom stereocenters. The molecule has 3 aliphatic rings. The van der Waals surface area contributed by atoms with E-state index in [1.165, 1.54) is 29.5 Å². The normalized spacial score (nSPS) is 20.7.